The van der Waals surface area contributed by atoms with Gasteiger partial charge in [-0.2, -0.15) is 8.78 Å². The Bertz CT molecular complexity index is 580. The standard InChI is InChI=1S/C16H23F2N3O3/c1-10(2)4-5-20-16(19-3)21-8-11-6-13-14(23-9-22-13)7-12(11)24-15(17)18/h6-7,10,15H,4-5,8-9H2,1-3H3,(H2,19,20,21). The third-order valence-corrected chi connectivity index (χ3v) is 3.46. The van der Waals surface area contributed by atoms with Crippen LogP contribution in [0.5, 0.6) is 17.2 Å². The van der Waals surface area contributed by atoms with E-state index in [1.807, 2.05) is 0 Å². The van der Waals surface area contributed by atoms with E-state index in [0.717, 1.165) is 13.0 Å². The molecule has 1 aliphatic heterocycles. The Morgan fingerprint density at radius 1 is 1.25 bits per heavy atom. The summed E-state index contributed by atoms with van der Waals surface area (Å²) >= 11 is 0. The maximum atomic E-state index is 12.6. The molecule has 0 fully saturated rings. The number of guanidine groups is 1. The van der Waals surface area contributed by atoms with Crippen LogP contribution in [-0.4, -0.2) is 33.0 Å². The molecule has 0 radical (unpaired) electrons. The number of halogens is 2. The lowest BCUT2D eigenvalue weighted by Crippen LogP contribution is -2.37. The molecule has 1 heterocycles. The second-order valence-corrected chi connectivity index (χ2v) is 5.73. The second kappa shape index (κ2) is 8.56. The molecule has 0 unspecified atom stereocenters. The Morgan fingerprint density at radius 2 is 1.96 bits per heavy atom. The molecule has 1 aromatic carbocycles. The molecular formula is C16H23F2N3O3. The molecule has 1 aromatic rings. The summed E-state index contributed by atoms with van der Waals surface area (Å²) in [7, 11) is 1.65. The summed E-state index contributed by atoms with van der Waals surface area (Å²) < 4.78 is 40.3. The molecule has 0 bridgehead atoms. The van der Waals surface area contributed by atoms with Gasteiger partial charge in [-0.3, -0.25) is 4.99 Å². The Kier molecular flexibility index (Phi) is 6.45. The fraction of sp³-hybridized carbons (Fsp3) is 0.562. The summed E-state index contributed by atoms with van der Waals surface area (Å²) in [6, 6.07) is 3.05. The van der Waals surface area contributed by atoms with Gasteiger partial charge in [0.1, 0.15) is 5.75 Å². The molecule has 134 valence electrons. The number of hydrogen-bond donors (Lipinski definition) is 2. The van der Waals surface area contributed by atoms with Crippen LogP contribution >= 0.6 is 0 Å². The van der Waals surface area contributed by atoms with Crippen LogP contribution in [-0.2, 0) is 6.54 Å². The van der Waals surface area contributed by atoms with Gasteiger partial charge < -0.3 is 24.8 Å². The minimum Gasteiger partial charge on any atom is -0.454 e. The van der Waals surface area contributed by atoms with E-state index in [1.54, 1.807) is 13.1 Å². The van der Waals surface area contributed by atoms with E-state index in [0.29, 0.717) is 28.9 Å². The quantitative estimate of drug-likeness (QED) is 0.589. The molecule has 24 heavy (non-hydrogen) atoms. The number of rotatable bonds is 7. The molecule has 6 nitrogen and oxygen atoms in total. The molecule has 0 saturated carbocycles. The van der Waals surface area contributed by atoms with E-state index in [4.69, 9.17) is 9.47 Å². The summed E-state index contributed by atoms with van der Waals surface area (Å²) in [5.74, 6) is 2.14. The van der Waals surface area contributed by atoms with Gasteiger partial charge in [0.15, 0.2) is 17.5 Å². The Morgan fingerprint density at radius 3 is 2.58 bits per heavy atom. The highest BCUT2D eigenvalue weighted by Gasteiger charge is 2.20. The molecule has 0 aromatic heterocycles. The second-order valence-electron chi connectivity index (χ2n) is 5.73. The first-order chi connectivity index (χ1) is 11.5. The van der Waals surface area contributed by atoms with E-state index in [2.05, 4.69) is 34.2 Å². The van der Waals surface area contributed by atoms with Crippen LogP contribution in [0.25, 0.3) is 0 Å². The first-order valence-corrected chi connectivity index (χ1v) is 7.81. The number of nitrogens with one attached hydrogen (secondary N) is 2. The van der Waals surface area contributed by atoms with Crippen LogP contribution < -0.4 is 24.8 Å². The van der Waals surface area contributed by atoms with E-state index in [-0.39, 0.29) is 19.1 Å². The first-order valence-electron chi connectivity index (χ1n) is 7.81. The average Bonchev–Trinajstić information content (AvgIpc) is 2.96. The number of hydrogen-bond acceptors (Lipinski definition) is 4. The largest absolute Gasteiger partial charge is 0.454 e. The number of aliphatic imine (C=N–C) groups is 1. The monoisotopic (exact) mass is 343 g/mol. The molecule has 2 rings (SSSR count). The zero-order valence-electron chi connectivity index (χ0n) is 14.1. The van der Waals surface area contributed by atoms with Crippen molar-refractivity contribution in [3.63, 3.8) is 0 Å². The minimum atomic E-state index is -2.91. The average molecular weight is 343 g/mol. The predicted molar refractivity (Wildman–Crippen MR) is 86.9 cm³/mol. The van der Waals surface area contributed by atoms with Gasteiger partial charge in [0.25, 0.3) is 0 Å². The molecule has 0 saturated heterocycles. The number of alkyl halides is 2. The number of benzene rings is 1. The zero-order valence-corrected chi connectivity index (χ0v) is 14.1. The molecule has 0 spiro atoms. The smallest absolute Gasteiger partial charge is 0.387 e. The van der Waals surface area contributed by atoms with Gasteiger partial charge in [-0.25, -0.2) is 0 Å². The van der Waals surface area contributed by atoms with Crippen molar-refractivity contribution in [1.29, 1.82) is 0 Å². The Hall–Kier alpha value is -2.25. The maximum Gasteiger partial charge on any atom is 0.387 e. The van der Waals surface area contributed by atoms with Crippen molar-refractivity contribution in [1.82, 2.24) is 10.6 Å². The topological polar surface area (TPSA) is 64.1 Å². The van der Waals surface area contributed by atoms with Crippen molar-refractivity contribution in [3.8, 4) is 17.2 Å². The zero-order chi connectivity index (χ0) is 17.5. The van der Waals surface area contributed by atoms with E-state index >= 15 is 0 Å². The normalized spacial score (nSPS) is 13.5. The molecule has 0 aliphatic carbocycles. The lowest BCUT2D eigenvalue weighted by Gasteiger charge is -2.15. The van der Waals surface area contributed by atoms with Gasteiger partial charge >= 0.3 is 6.61 Å². The van der Waals surface area contributed by atoms with Gasteiger partial charge in [-0.1, -0.05) is 13.8 Å². The number of nitrogens with zero attached hydrogens (tertiary/aromatic N) is 1. The molecule has 8 heteroatoms. The predicted octanol–water partition coefficient (Wildman–Crippen LogP) is 2.73. The maximum absolute atomic E-state index is 12.6. The van der Waals surface area contributed by atoms with E-state index in [9.17, 15) is 8.78 Å². The van der Waals surface area contributed by atoms with Crippen molar-refractivity contribution in [2.45, 2.75) is 33.4 Å². The van der Waals surface area contributed by atoms with Crippen molar-refractivity contribution in [2.75, 3.05) is 20.4 Å². The molecule has 0 amide bonds. The van der Waals surface area contributed by atoms with Crippen LogP contribution in [0.4, 0.5) is 8.78 Å². The van der Waals surface area contributed by atoms with Crippen LogP contribution in [0.2, 0.25) is 0 Å². The van der Waals surface area contributed by atoms with Crippen LogP contribution in [0.1, 0.15) is 25.8 Å². The lowest BCUT2D eigenvalue weighted by atomic mass is 10.1. The van der Waals surface area contributed by atoms with Gasteiger partial charge in [0.05, 0.1) is 0 Å². The molecule has 0 atom stereocenters. The highest BCUT2D eigenvalue weighted by atomic mass is 19.3. The van der Waals surface area contributed by atoms with Gasteiger partial charge in [-0.05, 0) is 18.4 Å². The third-order valence-electron chi connectivity index (χ3n) is 3.46. The van der Waals surface area contributed by atoms with Crippen LogP contribution in [0, 0.1) is 5.92 Å². The van der Waals surface area contributed by atoms with E-state index in [1.165, 1.54) is 6.07 Å². The highest BCUT2D eigenvalue weighted by molar-refractivity contribution is 5.79. The highest BCUT2D eigenvalue weighted by Crippen LogP contribution is 2.38. The summed E-state index contributed by atoms with van der Waals surface area (Å²) in [5.41, 5.74) is 0.534. The molecule has 2 N–H and O–H groups in total. The SMILES string of the molecule is CN=C(NCCC(C)C)NCc1cc2c(cc1OC(F)F)OCO2. The van der Waals surface area contributed by atoms with Crippen molar-refractivity contribution in [2.24, 2.45) is 10.9 Å². The minimum absolute atomic E-state index is 0.0550. The van der Waals surface area contributed by atoms with Gasteiger partial charge in [0, 0.05) is 31.8 Å². The van der Waals surface area contributed by atoms with Crippen LogP contribution in [0.3, 0.4) is 0 Å². The summed E-state index contributed by atoms with van der Waals surface area (Å²) in [6.07, 6.45) is 1.00. The fourth-order valence-corrected chi connectivity index (χ4v) is 2.19. The van der Waals surface area contributed by atoms with E-state index < -0.39 is 6.61 Å². The molecule has 1 aliphatic rings. The van der Waals surface area contributed by atoms with Crippen molar-refractivity contribution < 1.29 is 23.0 Å². The Balaban J connectivity index is 2.02. The number of ether oxygens (including phenoxy) is 3. The number of fused-ring (bicyclic) bond motifs is 1. The van der Waals surface area contributed by atoms with Crippen molar-refractivity contribution in [3.05, 3.63) is 17.7 Å². The van der Waals surface area contributed by atoms with Crippen LogP contribution in [0.15, 0.2) is 17.1 Å². The summed E-state index contributed by atoms with van der Waals surface area (Å²) in [6.45, 7) is 2.47. The van der Waals surface area contributed by atoms with Gasteiger partial charge in [-0.15, -0.1) is 0 Å². The lowest BCUT2D eigenvalue weighted by molar-refractivity contribution is -0.0505. The third kappa shape index (κ3) is 5.14. The Labute approximate surface area is 140 Å². The summed E-state index contributed by atoms with van der Waals surface area (Å²) in [4.78, 5) is 4.11. The van der Waals surface area contributed by atoms with Crippen molar-refractivity contribution >= 4 is 5.96 Å². The summed E-state index contributed by atoms with van der Waals surface area (Å²) in [5, 5.41) is 6.26. The fourth-order valence-electron chi connectivity index (χ4n) is 2.19. The molecular weight excluding hydrogens is 320 g/mol. The van der Waals surface area contributed by atoms with Gasteiger partial charge in [0.2, 0.25) is 6.79 Å². The first kappa shape index (κ1) is 18.1.